The summed E-state index contributed by atoms with van der Waals surface area (Å²) in [6.07, 6.45) is -0.642. The summed E-state index contributed by atoms with van der Waals surface area (Å²) in [6, 6.07) is 0. The summed E-state index contributed by atoms with van der Waals surface area (Å²) >= 11 is 0. The summed E-state index contributed by atoms with van der Waals surface area (Å²) in [4.78, 5) is 0. The molecule has 0 fully saturated rings. The summed E-state index contributed by atoms with van der Waals surface area (Å²) < 4.78 is 28.5. The topological polar surface area (TPSA) is 113 Å². The molecule has 5 N–H and O–H groups in total. The average molecular weight is 184 g/mol. The third-order valence-electron chi connectivity index (χ3n) is 0.963. The molecule has 0 aliphatic heterocycles. The second-order valence-corrected chi connectivity index (χ2v) is 3.60. The molecule has 0 saturated carbocycles. The molecule has 1 unspecified atom stereocenters. The highest BCUT2D eigenvalue weighted by molar-refractivity contribution is 7.85. The van der Waals surface area contributed by atoms with Gasteiger partial charge < -0.3 is 10.8 Å². The maximum absolute atomic E-state index is 10.1. The van der Waals surface area contributed by atoms with Gasteiger partial charge in [0.1, 0.15) is 0 Å². The van der Waals surface area contributed by atoms with Gasteiger partial charge in [-0.3, -0.25) is 9.87 Å². The lowest BCUT2D eigenvalue weighted by atomic mass is 10.5. The Bertz CT molecular complexity index is 190. The van der Waals surface area contributed by atoms with Crippen LogP contribution in [0.2, 0.25) is 0 Å². The van der Waals surface area contributed by atoms with Crippen molar-refractivity contribution in [2.75, 3.05) is 18.9 Å². The predicted molar refractivity (Wildman–Crippen MR) is 39.5 cm³/mol. The largest absolute Gasteiger partial charge is 0.393 e. The fraction of sp³-hybridized carbons (Fsp3) is 1.00. The van der Waals surface area contributed by atoms with Crippen molar-refractivity contribution in [1.82, 2.24) is 5.32 Å². The van der Waals surface area contributed by atoms with E-state index in [4.69, 9.17) is 15.4 Å². The minimum Gasteiger partial charge on any atom is -0.393 e. The Morgan fingerprint density at radius 3 is 2.45 bits per heavy atom. The Morgan fingerprint density at radius 2 is 2.09 bits per heavy atom. The maximum atomic E-state index is 10.1. The Hall–Kier alpha value is -0.210. The summed E-state index contributed by atoms with van der Waals surface area (Å²) in [5.74, 6) is -0.402. The lowest BCUT2D eigenvalue weighted by Gasteiger charge is -2.08. The first-order chi connectivity index (χ1) is 4.95. The molecule has 11 heavy (non-hydrogen) atoms. The van der Waals surface area contributed by atoms with Crippen LogP contribution < -0.4 is 11.1 Å². The van der Waals surface area contributed by atoms with Crippen molar-refractivity contribution in [2.24, 2.45) is 5.73 Å². The smallest absolute Gasteiger partial charge is 0.266 e. The van der Waals surface area contributed by atoms with E-state index < -0.39 is 22.0 Å². The fourth-order valence-electron chi connectivity index (χ4n) is 0.438. The first-order valence-corrected chi connectivity index (χ1v) is 4.61. The maximum Gasteiger partial charge on any atom is 0.266 e. The van der Waals surface area contributed by atoms with Crippen LogP contribution in [0.25, 0.3) is 0 Å². The summed E-state index contributed by atoms with van der Waals surface area (Å²) in [5, 5.41) is 10.8. The van der Waals surface area contributed by atoms with E-state index in [9.17, 15) is 8.42 Å². The van der Waals surface area contributed by atoms with Gasteiger partial charge in [-0.05, 0) is 0 Å². The SMILES string of the molecule is NC(CO)NCCS(=O)(=O)O. The molecule has 68 valence electrons. The van der Waals surface area contributed by atoms with Crippen LogP contribution in [0, 0.1) is 0 Å². The molecule has 0 saturated heterocycles. The molecule has 0 heterocycles. The molecule has 7 heteroatoms. The van der Waals surface area contributed by atoms with Crippen LogP contribution in [-0.4, -0.2) is 43.1 Å². The third-order valence-corrected chi connectivity index (χ3v) is 1.68. The molecular formula is C4H12N2O4S. The predicted octanol–water partition coefficient (Wildman–Crippen LogP) is -2.26. The number of hydrogen-bond acceptors (Lipinski definition) is 5. The van der Waals surface area contributed by atoms with E-state index in [1.165, 1.54) is 0 Å². The monoisotopic (exact) mass is 184 g/mol. The number of aliphatic hydroxyl groups excluding tert-OH is 1. The zero-order valence-electron chi connectivity index (χ0n) is 5.90. The van der Waals surface area contributed by atoms with Crippen LogP contribution in [-0.2, 0) is 10.1 Å². The van der Waals surface area contributed by atoms with Gasteiger partial charge in [0.15, 0.2) is 0 Å². The average Bonchev–Trinajstić information content (AvgIpc) is 1.85. The minimum absolute atomic E-state index is 0.0283. The van der Waals surface area contributed by atoms with Gasteiger partial charge >= 0.3 is 0 Å². The van der Waals surface area contributed by atoms with Crippen LogP contribution in [0.15, 0.2) is 0 Å². The molecule has 0 aromatic carbocycles. The van der Waals surface area contributed by atoms with Crippen molar-refractivity contribution in [3.05, 3.63) is 0 Å². The number of hydrogen-bond donors (Lipinski definition) is 4. The van der Waals surface area contributed by atoms with Crippen molar-refractivity contribution in [2.45, 2.75) is 6.17 Å². The number of aliphatic hydroxyl groups is 1. The van der Waals surface area contributed by atoms with Gasteiger partial charge in [0.25, 0.3) is 10.1 Å². The Labute approximate surface area is 65.1 Å². The molecule has 0 rings (SSSR count). The Kier molecular flexibility index (Phi) is 4.54. The first kappa shape index (κ1) is 10.8. The summed E-state index contributed by atoms with van der Waals surface area (Å²) in [5.41, 5.74) is 5.16. The van der Waals surface area contributed by atoms with Crippen molar-refractivity contribution >= 4 is 10.1 Å². The molecular weight excluding hydrogens is 172 g/mol. The molecule has 0 spiro atoms. The Morgan fingerprint density at radius 1 is 1.55 bits per heavy atom. The van der Waals surface area contributed by atoms with Crippen LogP contribution in [0.1, 0.15) is 0 Å². The van der Waals surface area contributed by atoms with E-state index in [2.05, 4.69) is 5.32 Å². The van der Waals surface area contributed by atoms with Gasteiger partial charge in [-0.25, -0.2) is 0 Å². The van der Waals surface area contributed by atoms with Gasteiger partial charge in [0.2, 0.25) is 0 Å². The van der Waals surface area contributed by atoms with E-state index >= 15 is 0 Å². The molecule has 6 nitrogen and oxygen atoms in total. The van der Waals surface area contributed by atoms with Gasteiger partial charge in [0.05, 0.1) is 18.5 Å². The van der Waals surface area contributed by atoms with Gasteiger partial charge in [0, 0.05) is 6.54 Å². The van der Waals surface area contributed by atoms with Crippen LogP contribution in [0.4, 0.5) is 0 Å². The molecule has 0 aromatic rings. The van der Waals surface area contributed by atoms with E-state index in [1.807, 2.05) is 0 Å². The van der Waals surface area contributed by atoms with Crippen LogP contribution in [0.3, 0.4) is 0 Å². The van der Waals surface area contributed by atoms with E-state index in [-0.39, 0.29) is 13.2 Å². The lowest BCUT2D eigenvalue weighted by Crippen LogP contribution is -2.42. The molecule has 0 aromatic heterocycles. The zero-order chi connectivity index (χ0) is 8.91. The van der Waals surface area contributed by atoms with E-state index in [0.717, 1.165) is 0 Å². The van der Waals surface area contributed by atoms with Crippen molar-refractivity contribution in [3.63, 3.8) is 0 Å². The van der Waals surface area contributed by atoms with Crippen molar-refractivity contribution in [1.29, 1.82) is 0 Å². The quantitative estimate of drug-likeness (QED) is 0.283. The number of nitrogens with one attached hydrogen (secondary N) is 1. The van der Waals surface area contributed by atoms with Crippen molar-refractivity contribution in [3.8, 4) is 0 Å². The van der Waals surface area contributed by atoms with Crippen molar-refractivity contribution < 1.29 is 18.1 Å². The minimum atomic E-state index is -3.93. The molecule has 0 radical (unpaired) electrons. The highest BCUT2D eigenvalue weighted by Crippen LogP contribution is 1.79. The standard InChI is InChI=1S/C4H12N2O4S/c5-4(3-7)6-1-2-11(8,9)10/h4,6-7H,1-3,5H2,(H,8,9,10). The highest BCUT2D eigenvalue weighted by Gasteiger charge is 2.04. The molecule has 0 aliphatic carbocycles. The molecule has 1 atom stereocenters. The molecule has 0 aliphatic rings. The van der Waals surface area contributed by atoms with Gasteiger partial charge in [-0.1, -0.05) is 0 Å². The first-order valence-electron chi connectivity index (χ1n) is 3.00. The van der Waals surface area contributed by atoms with E-state index in [0.29, 0.717) is 0 Å². The van der Waals surface area contributed by atoms with E-state index in [1.54, 1.807) is 0 Å². The zero-order valence-corrected chi connectivity index (χ0v) is 6.71. The van der Waals surface area contributed by atoms with Gasteiger partial charge in [-0.2, -0.15) is 8.42 Å². The summed E-state index contributed by atoms with van der Waals surface area (Å²) in [7, 11) is -3.93. The molecule has 0 amide bonds. The third kappa shape index (κ3) is 7.69. The Balaban J connectivity index is 3.43. The second kappa shape index (κ2) is 4.62. The number of rotatable bonds is 5. The molecule has 0 bridgehead atoms. The second-order valence-electron chi connectivity index (χ2n) is 2.03. The van der Waals surface area contributed by atoms with Gasteiger partial charge in [-0.15, -0.1) is 0 Å². The van der Waals surface area contributed by atoms with Crippen LogP contribution in [0.5, 0.6) is 0 Å². The lowest BCUT2D eigenvalue weighted by molar-refractivity contribution is 0.247. The summed E-state index contributed by atoms with van der Waals surface area (Å²) in [6.45, 7) is -0.244. The highest BCUT2D eigenvalue weighted by atomic mass is 32.2. The number of nitrogens with two attached hydrogens (primary N) is 1. The fourth-order valence-corrected chi connectivity index (χ4v) is 0.814. The van der Waals surface area contributed by atoms with Crippen LogP contribution >= 0.6 is 0 Å². The normalized spacial score (nSPS) is 14.8.